The number of carbonyl (C=O) groups excluding carboxylic acids is 2. The summed E-state index contributed by atoms with van der Waals surface area (Å²) in [6, 6.07) is 20.3. The number of nitrogens with zero attached hydrogens (tertiary/aromatic N) is 9. The Morgan fingerprint density at radius 3 is 1.42 bits per heavy atom. The van der Waals surface area contributed by atoms with Crippen LogP contribution in [0.25, 0.3) is 0 Å². The summed E-state index contributed by atoms with van der Waals surface area (Å²) in [4.78, 5) is 34.4. The van der Waals surface area contributed by atoms with Crippen molar-refractivity contribution in [3.05, 3.63) is 139 Å². The molecule has 6 heterocycles. The zero-order chi connectivity index (χ0) is 72.3. The van der Waals surface area contributed by atoms with Crippen molar-refractivity contribution in [1.29, 1.82) is 0 Å². The van der Waals surface area contributed by atoms with Gasteiger partial charge in [-0.3, -0.25) is 28.8 Å². The van der Waals surface area contributed by atoms with Gasteiger partial charge >= 0.3 is 0 Å². The van der Waals surface area contributed by atoms with Gasteiger partial charge in [0, 0.05) is 82.6 Å². The number of piperidine rings is 2. The highest BCUT2D eigenvalue weighted by atomic mass is 35.5. The Hall–Kier alpha value is -5.64. The predicted octanol–water partition coefficient (Wildman–Crippen LogP) is 8.55. The number of amides is 2. The van der Waals surface area contributed by atoms with E-state index in [-0.39, 0.29) is 72.3 Å². The first-order valence-corrected chi connectivity index (χ1v) is 39.7. The maximum atomic E-state index is 15.1. The smallest absolute Gasteiger partial charge is 0.255 e. The van der Waals surface area contributed by atoms with Gasteiger partial charge in [-0.2, -0.15) is 0 Å². The molecule has 10 atom stereocenters. The van der Waals surface area contributed by atoms with Crippen molar-refractivity contribution < 1.29 is 54.8 Å². The van der Waals surface area contributed by atoms with E-state index in [0.717, 1.165) is 113 Å². The number of nitrogens with one attached hydrogen (secondary N) is 2. The van der Waals surface area contributed by atoms with E-state index in [1.165, 1.54) is 4.90 Å². The van der Waals surface area contributed by atoms with Crippen LogP contribution in [-0.4, -0.2) is 173 Å². The molecule has 4 unspecified atom stereocenters. The van der Waals surface area contributed by atoms with Crippen molar-refractivity contribution in [3.8, 4) is 11.5 Å². The standard InChI is InChI=1S/C70H92Cl4N14O12S2/c1-69(2)98-64-63(65(99-69)67(77)89)97-70(3,4)100-66(64)68(90)86(39-47-41-87(82-80-47)29-11-7-5-9-25-78-101(91,92)51-21-17-49(18-22-51)95-61-55-31-43(71)33-57(73)53(55)35-59(61)84-27-13-15-45(75)37-84)40-48-42-88(83-81-48)30-12-8-6-10-26-79-102(93,94)52-23-19-50(20-24-52)96-62-56-32-44(72)34-58(74)54(56)36-60(62)85-28-14-16-46(76)38-85/h17-24,31-34,41-42,45-46,59-66,78-79H,5-16,25-30,35-40,75-76H2,1-4H3,(H2,77,89)/t45-,46-,59+,60+,61+,62+,63?,64?,65?,66?/m1/s1. The molecule has 4 aliphatic heterocycles. The average Bonchev–Trinajstić information content (AvgIpc) is 0.895. The quantitative estimate of drug-likeness (QED) is 0.0264. The number of halogens is 4. The van der Waals surface area contributed by atoms with Gasteiger partial charge in [-0.15, -0.1) is 10.2 Å². The van der Waals surface area contributed by atoms with Gasteiger partial charge in [-0.1, -0.05) is 82.5 Å². The summed E-state index contributed by atoms with van der Waals surface area (Å²) in [7, 11) is -7.63. The molecule has 0 bridgehead atoms. The number of ether oxygens (including phenoxy) is 6. The van der Waals surface area contributed by atoms with Gasteiger partial charge in [0.15, 0.2) is 23.8 Å². The second-order valence-corrected chi connectivity index (χ2v) is 33.7. The lowest BCUT2D eigenvalue weighted by Gasteiger charge is -2.52. The van der Waals surface area contributed by atoms with Gasteiger partial charge in [0.2, 0.25) is 26.0 Å². The van der Waals surface area contributed by atoms with Crippen LogP contribution >= 0.6 is 46.4 Å². The molecule has 2 aliphatic carbocycles. The van der Waals surface area contributed by atoms with E-state index in [9.17, 15) is 21.6 Å². The maximum absolute atomic E-state index is 15.1. The minimum Gasteiger partial charge on any atom is -0.484 e. The number of unbranched alkanes of at least 4 members (excludes halogenated alkanes) is 6. The molecule has 0 radical (unpaired) electrons. The van der Waals surface area contributed by atoms with Gasteiger partial charge in [0.1, 0.15) is 47.3 Å². The Morgan fingerprint density at radius 2 is 1.00 bits per heavy atom. The zero-order valence-electron chi connectivity index (χ0n) is 57.8. The van der Waals surface area contributed by atoms with Crippen molar-refractivity contribution in [2.75, 3.05) is 39.3 Å². The molecule has 4 aromatic carbocycles. The lowest BCUT2D eigenvalue weighted by Crippen LogP contribution is -2.70. The summed E-state index contributed by atoms with van der Waals surface area (Å²) in [6.45, 7) is 11.2. The second-order valence-electron chi connectivity index (χ2n) is 28.5. The van der Waals surface area contributed by atoms with Crippen LogP contribution in [0.15, 0.2) is 95.0 Å². The molecule has 6 aliphatic rings. The van der Waals surface area contributed by atoms with Crippen molar-refractivity contribution in [2.24, 2.45) is 17.2 Å². The number of carbonyl (C=O) groups is 2. The number of sulfonamides is 2. The lowest BCUT2D eigenvalue weighted by atomic mass is 9.95. The summed E-state index contributed by atoms with van der Waals surface area (Å²) in [5.74, 6) is -2.94. The van der Waals surface area contributed by atoms with E-state index >= 15 is 4.79 Å². The fraction of sp³-hybridized carbons (Fsp3) is 0.571. The number of fused-ring (bicyclic) bond motifs is 3. The third-order valence-electron chi connectivity index (χ3n) is 19.7. The molecule has 102 heavy (non-hydrogen) atoms. The summed E-state index contributed by atoms with van der Waals surface area (Å²) in [5, 5.41) is 19.9. The number of aryl methyl sites for hydroxylation is 2. The molecule has 2 amide bonds. The van der Waals surface area contributed by atoms with Crippen molar-refractivity contribution >= 4 is 78.3 Å². The Balaban J connectivity index is 0.610. The summed E-state index contributed by atoms with van der Waals surface area (Å²) < 4.78 is 101. The Kier molecular flexibility index (Phi) is 24.3. The molecule has 12 rings (SSSR count). The molecule has 554 valence electrons. The first-order valence-electron chi connectivity index (χ1n) is 35.2. The monoisotopic (exact) mass is 1520 g/mol. The molecule has 4 fully saturated rings. The number of hydrogen-bond acceptors (Lipinski definition) is 20. The molecular weight excluding hydrogens is 1430 g/mol. The van der Waals surface area contributed by atoms with E-state index in [1.54, 1.807) is 110 Å². The largest absolute Gasteiger partial charge is 0.484 e. The molecular formula is C70H92Cl4N14O12S2. The number of primary amides is 1. The Bertz CT molecular complexity index is 3940. The van der Waals surface area contributed by atoms with E-state index in [2.05, 4.69) is 39.9 Å². The molecule has 4 saturated heterocycles. The molecule has 6 aromatic rings. The van der Waals surface area contributed by atoms with E-state index in [4.69, 9.17) is 92.0 Å². The highest BCUT2D eigenvalue weighted by Crippen LogP contribution is 2.46. The molecule has 26 nitrogen and oxygen atoms in total. The van der Waals surface area contributed by atoms with Gasteiger partial charge in [0.25, 0.3) is 5.91 Å². The molecule has 0 saturated carbocycles. The Morgan fingerprint density at radius 1 is 0.588 bits per heavy atom. The molecule has 32 heteroatoms. The predicted molar refractivity (Wildman–Crippen MR) is 384 cm³/mol. The fourth-order valence-corrected chi connectivity index (χ4v) is 18.2. The first-order chi connectivity index (χ1) is 48.6. The van der Waals surface area contributed by atoms with Crippen molar-refractivity contribution in [3.63, 3.8) is 0 Å². The van der Waals surface area contributed by atoms with Gasteiger partial charge in [-0.05, 0) is 189 Å². The van der Waals surface area contributed by atoms with Crippen molar-refractivity contribution in [1.82, 2.24) is 54.1 Å². The summed E-state index contributed by atoms with van der Waals surface area (Å²) in [5.41, 5.74) is 23.4. The normalized spacial score (nSPS) is 25.0. The number of nitrogens with two attached hydrogens (primary N) is 3. The minimum absolute atomic E-state index is 0.00928. The van der Waals surface area contributed by atoms with Crippen LogP contribution in [0.1, 0.15) is 151 Å². The van der Waals surface area contributed by atoms with Crippen LogP contribution < -0.4 is 36.1 Å². The van der Waals surface area contributed by atoms with Crippen molar-refractivity contribution in [2.45, 2.75) is 226 Å². The van der Waals surface area contributed by atoms with Gasteiger partial charge < -0.3 is 50.5 Å². The van der Waals surface area contributed by atoms with Crippen LogP contribution in [0.2, 0.25) is 20.1 Å². The van der Waals surface area contributed by atoms with E-state index in [0.29, 0.717) is 81.8 Å². The topological polar surface area (TPSA) is 331 Å². The van der Waals surface area contributed by atoms with Gasteiger partial charge in [-0.25, -0.2) is 26.3 Å². The van der Waals surface area contributed by atoms with Gasteiger partial charge in [0.05, 0.1) is 47.4 Å². The highest BCUT2D eigenvalue weighted by Gasteiger charge is 2.58. The number of benzene rings is 4. The first kappa shape index (κ1) is 76.0. The number of aromatic nitrogens is 6. The second kappa shape index (κ2) is 32.6. The summed E-state index contributed by atoms with van der Waals surface area (Å²) in [6.07, 6.45) is 9.01. The van der Waals surface area contributed by atoms with Crippen LogP contribution in [0.5, 0.6) is 11.5 Å². The lowest BCUT2D eigenvalue weighted by molar-refractivity contribution is -0.412. The van der Waals surface area contributed by atoms with Crippen LogP contribution in [-0.2, 0) is 87.6 Å². The fourth-order valence-electron chi connectivity index (χ4n) is 14.9. The third-order valence-corrected chi connectivity index (χ3v) is 23.8. The average molecular weight is 1530 g/mol. The van der Waals surface area contributed by atoms with E-state index in [1.807, 2.05) is 12.1 Å². The summed E-state index contributed by atoms with van der Waals surface area (Å²) >= 11 is 26.3. The number of hydrogen-bond donors (Lipinski definition) is 5. The zero-order valence-corrected chi connectivity index (χ0v) is 62.5. The van der Waals surface area contributed by atoms with Crippen LogP contribution in [0.3, 0.4) is 0 Å². The number of rotatable bonds is 30. The Labute approximate surface area is 616 Å². The third kappa shape index (κ3) is 18.6. The van der Waals surface area contributed by atoms with Crippen LogP contribution in [0, 0.1) is 0 Å². The molecule has 8 N–H and O–H groups in total. The molecule has 0 spiro atoms. The van der Waals surface area contributed by atoms with Crippen LogP contribution in [0.4, 0.5) is 0 Å². The van der Waals surface area contributed by atoms with E-state index < -0.39 is 67.9 Å². The number of likely N-dealkylation sites (tertiary alicyclic amines) is 2. The SMILES string of the molecule is CC1(C)OC(C(=O)N(Cc2cn(CCCCCCNS(=O)(=O)c3ccc(O[C@H]4c5cc(Cl)cc(Cl)c5C[C@@H]4N4CCC[C@@H](N)C4)cc3)nn2)Cc2cn(CCCCCCNS(=O)(=O)c3ccc(O[C@H]4c5cc(Cl)cc(Cl)c5C[C@@H]4N4CCC[C@@H](N)C4)cc3)nn2)C2OC(C)(C)OC(C(N)=O)C2O1. The minimum atomic E-state index is -3.82. The maximum Gasteiger partial charge on any atom is 0.255 e. The highest BCUT2D eigenvalue weighted by molar-refractivity contribution is 7.89. The molecule has 2 aromatic heterocycles.